The van der Waals surface area contributed by atoms with Crippen molar-refractivity contribution in [3.8, 4) is 5.75 Å². The lowest BCUT2D eigenvalue weighted by molar-refractivity contribution is -0.116. The second kappa shape index (κ2) is 7.40. The molecule has 0 unspecified atom stereocenters. The summed E-state index contributed by atoms with van der Waals surface area (Å²) in [6, 6.07) is 12.0. The summed E-state index contributed by atoms with van der Waals surface area (Å²) in [5, 5.41) is 2.69. The van der Waals surface area contributed by atoms with E-state index in [-0.39, 0.29) is 18.4 Å². The van der Waals surface area contributed by atoms with Crippen molar-refractivity contribution >= 4 is 17.5 Å². The number of ether oxygens (including phenoxy) is 1. The van der Waals surface area contributed by atoms with E-state index < -0.39 is 5.82 Å². The Morgan fingerprint density at radius 1 is 1.09 bits per heavy atom. The van der Waals surface area contributed by atoms with Gasteiger partial charge in [-0.3, -0.25) is 9.59 Å². The molecule has 1 N–H and O–H groups in total. The Balaban J connectivity index is 1.93. The van der Waals surface area contributed by atoms with Gasteiger partial charge in [-0.15, -0.1) is 0 Å². The van der Waals surface area contributed by atoms with Crippen LogP contribution in [0.4, 0.5) is 10.1 Å². The Kier molecular flexibility index (Phi) is 5.30. The molecule has 0 radical (unpaired) electrons. The summed E-state index contributed by atoms with van der Waals surface area (Å²) < 4.78 is 17.9. The van der Waals surface area contributed by atoms with Crippen molar-refractivity contribution < 1.29 is 18.7 Å². The van der Waals surface area contributed by atoms with Gasteiger partial charge in [-0.2, -0.15) is 0 Å². The highest BCUT2D eigenvalue weighted by molar-refractivity contribution is 5.99. The number of nitrogens with one attached hydrogen (secondary N) is 1. The molecule has 2 aromatic carbocycles. The molecule has 120 valence electrons. The Labute approximate surface area is 133 Å². The van der Waals surface area contributed by atoms with Crippen LogP contribution in [0.1, 0.15) is 10.4 Å². The number of methoxy groups -OCH3 is 1. The standard InChI is InChI=1S/C17H17FN2O3/c1-20(17(22)12-3-5-13(18)6-4-12)11-16(21)19-14-7-9-15(23-2)10-8-14/h3-10H,11H2,1-2H3,(H,19,21). The second-order valence-electron chi connectivity index (χ2n) is 4.94. The molecule has 23 heavy (non-hydrogen) atoms. The molecule has 0 spiro atoms. The molecule has 2 amide bonds. The van der Waals surface area contributed by atoms with Gasteiger partial charge in [0.25, 0.3) is 5.91 Å². The summed E-state index contributed by atoms with van der Waals surface area (Å²) in [7, 11) is 3.07. The van der Waals surface area contributed by atoms with Gasteiger partial charge in [0.05, 0.1) is 13.7 Å². The van der Waals surface area contributed by atoms with Crippen LogP contribution in [0.15, 0.2) is 48.5 Å². The zero-order valence-corrected chi connectivity index (χ0v) is 12.9. The number of amides is 2. The summed E-state index contributed by atoms with van der Waals surface area (Å²) in [6.45, 7) is -0.109. The second-order valence-corrected chi connectivity index (χ2v) is 4.94. The molecule has 0 saturated heterocycles. The fourth-order valence-electron chi connectivity index (χ4n) is 1.97. The zero-order chi connectivity index (χ0) is 16.8. The van der Waals surface area contributed by atoms with E-state index in [0.29, 0.717) is 17.0 Å². The number of hydrogen-bond acceptors (Lipinski definition) is 3. The number of carbonyl (C=O) groups is 2. The molecule has 0 aliphatic carbocycles. The number of rotatable bonds is 5. The topological polar surface area (TPSA) is 58.6 Å². The van der Waals surface area contributed by atoms with Crippen LogP contribution in [-0.4, -0.2) is 37.4 Å². The van der Waals surface area contributed by atoms with Crippen molar-refractivity contribution in [3.63, 3.8) is 0 Å². The van der Waals surface area contributed by atoms with Crippen LogP contribution in [0, 0.1) is 5.82 Å². The smallest absolute Gasteiger partial charge is 0.254 e. The fraction of sp³-hybridized carbons (Fsp3) is 0.176. The van der Waals surface area contributed by atoms with Gasteiger partial charge in [-0.25, -0.2) is 4.39 Å². The normalized spacial score (nSPS) is 10.0. The van der Waals surface area contributed by atoms with Crippen molar-refractivity contribution in [3.05, 3.63) is 59.9 Å². The molecule has 0 heterocycles. The maximum atomic E-state index is 12.9. The van der Waals surface area contributed by atoms with E-state index in [1.807, 2.05) is 0 Å². The molecule has 5 nitrogen and oxygen atoms in total. The first-order valence-electron chi connectivity index (χ1n) is 6.94. The third-order valence-corrected chi connectivity index (χ3v) is 3.19. The van der Waals surface area contributed by atoms with Gasteiger partial charge >= 0.3 is 0 Å². The quantitative estimate of drug-likeness (QED) is 0.922. The third kappa shape index (κ3) is 4.54. The number of benzene rings is 2. The van der Waals surface area contributed by atoms with Gasteiger partial charge in [0.15, 0.2) is 0 Å². The van der Waals surface area contributed by atoms with Gasteiger partial charge in [0.1, 0.15) is 11.6 Å². The largest absolute Gasteiger partial charge is 0.497 e. The number of nitrogens with zero attached hydrogens (tertiary/aromatic N) is 1. The van der Waals surface area contributed by atoms with Crippen LogP contribution >= 0.6 is 0 Å². The summed E-state index contributed by atoms with van der Waals surface area (Å²) in [6.07, 6.45) is 0. The predicted octanol–water partition coefficient (Wildman–Crippen LogP) is 2.55. The Morgan fingerprint density at radius 3 is 2.26 bits per heavy atom. The Morgan fingerprint density at radius 2 is 1.70 bits per heavy atom. The van der Waals surface area contributed by atoms with Crippen molar-refractivity contribution in [1.29, 1.82) is 0 Å². The van der Waals surface area contributed by atoms with E-state index in [4.69, 9.17) is 4.74 Å². The van der Waals surface area contributed by atoms with Crippen molar-refractivity contribution in [1.82, 2.24) is 4.90 Å². The van der Waals surface area contributed by atoms with Gasteiger partial charge < -0.3 is 15.0 Å². The molecule has 0 saturated carbocycles. The van der Waals surface area contributed by atoms with Crippen LogP contribution in [0.2, 0.25) is 0 Å². The lowest BCUT2D eigenvalue weighted by atomic mass is 10.2. The van der Waals surface area contributed by atoms with Crippen LogP contribution in [0.3, 0.4) is 0 Å². The van der Waals surface area contributed by atoms with E-state index in [1.165, 1.54) is 36.2 Å². The fourth-order valence-corrected chi connectivity index (χ4v) is 1.97. The van der Waals surface area contributed by atoms with Crippen molar-refractivity contribution in [2.45, 2.75) is 0 Å². The molecule has 2 rings (SSSR count). The van der Waals surface area contributed by atoms with Crippen molar-refractivity contribution in [2.24, 2.45) is 0 Å². The monoisotopic (exact) mass is 316 g/mol. The minimum absolute atomic E-state index is 0.109. The highest BCUT2D eigenvalue weighted by Gasteiger charge is 2.15. The third-order valence-electron chi connectivity index (χ3n) is 3.19. The SMILES string of the molecule is COc1ccc(NC(=O)CN(C)C(=O)c2ccc(F)cc2)cc1. The molecule has 0 aliphatic heterocycles. The number of carbonyl (C=O) groups excluding carboxylic acids is 2. The lowest BCUT2D eigenvalue weighted by Crippen LogP contribution is -2.34. The zero-order valence-electron chi connectivity index (χ0n) is 12.9. The summed E-state index contributed by atoms with van der Waals surface area (Å²) in [5.41, 5.74) is 0.935. The number of hydrogen-bond donors (Lipinski definition) is 1. The molecule has 0 bridgehead atoms. The molecular formula is C17H17FN2O3. The van der Waals surface area contributed by atoms with E-state index in [1.54, 1.807) is 31.4 Å². The lowest BCUT2D eigenvalue weighted by Gasteiger charge is -2.17. The summed E-state index contributed by atoms with van der Waals surface area (Å²) in [5.74, 6) is -0.406. The highest BCUT2D eigenvalue weighted by Crippen LogP contribution is 2.15. The average Bonchev–Trinajstić information content (AvgIpc) is 2.55. The van der Waals surface area contributed by atoms with Gasteiger partial charge in [-0.05, 0) is 48.5 Å². The minimum Gasteiger partial charge on any atom is -0.497 e. The van der Waals surface area contributed by atoms with Gasteiger partial charge in [0.2, 0.25) is 5.91 Å². The maximum Gasteiger partial charge on any atom is 0.254 e. The van der Waals surface area contributed by atoms with Crippen LogP contribution in [-0.2, 0) is 4.79 Å². The van der Waals surface area contributed by atoms with Crippen LogP contribution < -0.4 is 10.1 Å². The van der Waals surface area contributed by atoms with E-state index >= 15 is 0 Å². The number of likely N-dealkylation sites (N-methyl/N-ethyl adjacent to an activating group) is 1. The van der Waals surface area contributed by atoms with Crippen molar-refractivity contribution in [2.75, 3.05) is 26.0 Å². The predicted molar refractivity (Wildman–Crippen MR) is 85.0 cm³/mol. The van der Waals surface area contributed by atoms with E-state index in [2.05, 4.69) is 5.32 Å². The van der Waals surface area contributed by atoms with Gasteiger partial charge in [-0.1, -0.05) is 0 Å². The average molecular weight is 316 g/mol. The van der Waals surface area contributed by atoms with Gasteiger partial charge in [0, 0.05) is 18.3 Å². The number of anilines is 1. The first-order chi connectivity index (χ1) is 11.0. The molecule has 0 atom stereocenters. The molecule has 6 heteroatoms. The minimum atomic E-state index is -0.415. The molecule has 0 aliphatic rings. The first-order valence-corrected chi connectivity index (χ1v) is 6.94. The molecule has 0 aromatic heterocycles. The Hall–Kier alpha value is -2.89. The number of halogens is 1. The summed E-state index contributed by atoms with van der Waals surface area (Å²) >= 11 is 0. The van der Waals surface area contributed by atoms with E-state index in [0.717, 1.165) is 0 Å². The first kappa shape index (κ1) is 16.5. The molecule has 2 aromatic rings. The molecule has 0 fully saturated rings. The van der Waals surface area contributed by atoms with Crippen LogP contribution in [0.5, 0.6) is 5.75 Å². The maximum absolute atomic E-state index is 12.9. The van der Waals surface area contributed by atoms with E-state index in [9.17, 15) is 14.0 Å². The summed E-state index contributed by atoms with van der Waals surface area (Å²) in [4.78, 5) is 25.4. The Bertz CT molecular complexity index is 684. The molecular weight excluding hydrogens is 299 g/mol. The van der Waals surface area contributed by atoms with Crippen LogP contribution in [0.25, 0.3) is 0 Å². The highest BCUT2D eigenvalue weighted by atomic mass is 19.1.